The van der Waals surface area contributed by atoms with E-state index in [2.05, 4.69) is 54.5 Å². The molecular weight excluding hydrogens is 700 g/mol. The van der Waals surface area contributed by atoms with Crippen LogP contribution in [0.1, 0.15) is 113 Å². The zero-order valence-corrected chi connectivity index (χ0v) is 32.9. The van der Waals surface area contributed by atoms with Gasteiger partial charge in [0.25, 0.3) is 0 Å². The van der Waals surface area contributed by atoms with Crippen LogP contribution in [0.2, 0.25) is 0 Å². The van der Waals surface area contributed by atoms with Crippen molar-refractivity contribution in [2.24, 2.45) is 50.2 Å². The fraction of sp³-hybridized carbons (Fsp3) is 0.902. The minimum absolute atomic E-state index is 0.0359. The lowest BCUT2D eigenvalue weighted by Crippen LogP contribution is -2.66. The molecule has 54 heavy (non-hydrogen) atoms. The van der Waals surface area contributed by atoms with Gasteiger partial charge >= 0.3 is 11.9 Å². The van der Waals surface area contributed by atoms with Crippen LogP contribution < -0.4 is 0 Å². The Morgan fingerprint density at radius 1 is 0.759 bits per heavy atom. The zero-order chi connectivity index (χ0) is 39.6. The number of allylic oxidation sites excluding steroid dienone is 2. The SMILES string of the molecule is CC1(C)CC[C@]2(C(=O)O)CC[C@]3(C)C(=CCC4[C@@]5(C)CCC(O[C@@H]6O[C@H](C(=O)O)[C@@H](O)[C@H](O[C@@H]7OC[C@@H](O)[C@H](O)[C@H]7O)[C@H]6O)C(C)(C)C5CC[C@]43C)[C@H]2C1. The van der Waals surface area contributed by atoms with Crippen molar-refractivity contribution in [3.05, 3.63) is 11.6 Å². The van der Waals surface area contributed by atoms with Crippen LogP contribution in [0, 0.1) is 50.2 Å². The molecule has 6 fully saturated rings. The first-order valence-corrected chi connectivity index (χ1v) is 20.2. The molecule has 7 N–H and O–H groups in total. The number of hydrogen-bond acceptors (Lipinski definition) is 11. The lowest BCUT2D eigenvalue weighted by atomic mass is 9.33. The summed E-state index contributed by atoms with van der Waals surface area (Å²) in [6.07, 6.45) is -4.35. The Hall–Kier alpha value is -1.68. The summed E-state index contributed by atoms with van der Waals surface area (Å²) in [5.41, 5.74) is 0.110. The van der Waals surface area contributed by atoms with Crippen LogP contribution in [0.25, 0.3) is 0 Å². The molecule has 0 aromatic rings. The molecule has 0 aromatic carbocycles. The quantitative estimate of drug-likeness (QED) is 0.152. The summed E-state index contributed by atoms with van der Waals surface area (Å²) in [6.45, 7) is 15.9. The van der Waals surface area contributed by atoms with E-state index in [1.807, 2.05) is 0 Å². The van der Waals surface area contributed by atoms with E-state index in [0.717, 1.165) is 51.4 Å². The average Bonchev–Trinajstić information content (AvgIpc) is 3.08. The minimum Gasteiger partial charge on any atom is -0.481 e. The third kappa shape index (κ3) is 5.88. The Labute approximate surface area is 318 Å². The first kappa shape index (κ1) is 40.5. The van der Waals surface area contributed by atoms with Crippen molar-refractivity contribution in [3.8, 4) is 0 Å². The first-order valence-electron chi connectivity index (χ1n) is 20.2. The van der Waals surface area contributed by atoms with E-state index in [1.54, 1.807) is 0 Å². The molecule has 0 radical (unpaired) electrons. The molecule has 2 heterocycles. The molecule has 3 unspecified atom stereocenters. The number of aliphatic hydroxyl groups is 5. The Morgan fingerprint density at radius 2 is 1.44 bits per heavy atom. The van der Waals surface area contributed by atoms with Gasteiger partial charge in [-0.05, 0) is 109 Å². The standard InChI is InChI=1S/C41H64O13/c1-36(2)14-16-41(35(49)50)17-15-39(6)20(21(41)18-36)8-9-24-38(5)12-11-25(37(3,4)23(38)10-13-40(24,39)7)52-34-29(46)30(28(45)31(54-34)32(47)48)53-33-27(44)26(43)22(42)19-51-33/h8,21-31,33-34,42-46H,9-19H2,1-7H3,(H,47,48)(H,49,50)/t21-,22-,23?,24?,25?,26+,27-,28+,29-,30+,31+,33+,34-,38+,39-,40-,41+/m1/s1. The second kappa shape index (κ2) is 13.4. The second-order valence-corrected chi connectivity index (χ2v) is 20.3. The van der Waals surface area contributed by atoms with Crippen LogP contribution in [-0.4, -0.2) is 116 Å². The number of fused-ring (bicyclic) bond motifs is 7. The normalized spacial score (nSPS) is 52.4. The van der Waals surface area contributed by atoms with Crippen LogP contribution in [0.5, 0.6) is 0 Å². The molecule has 2 saturated heterocycles. The van der Waals surface area contributed by atoms with E-state index in [9.17, 15) is 45.3 Å². The molecule has 0 spiro atoms. The predicted octanol–water partition coefficient (Wildman–Crippen LogP) is 3.61. The lowest BCUT2D eigenvalue weighted by Gasteiger charge is -2.71. The van der Waals surface area contributed by atoms with Crippen LogP contribution in [0.15, 0.2) is 11.6 Å². The Kier molecular flexibility index (Phi) is 10.1. The minimum atomic E-state index is -1.86. The molecule has 0 bridgehead atoms. The van der Waals surface area contributed by atoms with Crippen LogP contribution in [-0.2, 0) is 28.5 Å². The van der Waals surface area contributed by atoms with Crippen molar-refractivity contribution in [1.29, 1.82) is 0 Å². The monoisotopic (exact) mass is 764 g/mol. The molecule has 7 aliphatic rings. The molecule has 2 aliphatic heterocycles. The summed E-state index contributed by atoms with van der Waals surface area (Å²) in [4.78, 5) is 25.3. The fourth-order valence-corrected chi connectivity index (χ4v) is 13.4. The van der Waals surface area contributed by atoms with Gasteiger partial charge in [-0.1, -0.05) is 60.1 Å². The Morgan fingerprint density at radius 3 is 2.11 bits per heavy atom. The van der Waals surface area contributed by atoms with Gasteiger partial charge in [0.1, 0.15) is 36.6 Å². The highest BCUT2D eigenvalue weighted by molar-refractivity contribution is 5.76. The number of carbonyl (C=O) groups is 2. The third-order valence-corrected chi connectivity index (χ3v) is 16.8. The Balaban J connectivity index is 1.13. The molecule has 0 amide bonds. The fourth-order valence-electron chi connectivity index (χ4n) is 13.4. The van der Waals surface area contributed by atoms with Gasteiger partial charge in [0.05, 0.1) is 18.1 Å². The van der Waals surface area contributed by atoms with Crippen LogP contribution in [0.4, 0.5) is 0 Å². The van der Waals surface area contributed by atoms with Gasteiger partial charge in [-0.3, -0.25) is 4.79 Å². The lowest BCUT2D eigenvalue weighted by molar-refractivity contribution is -0.357. The van der Waals surface area contributed by atoms with Crippen molar-refractivity contribution in [2.45, 2.75) is 174 Å². The molecule has 5 aliphatic carbocycles. The van der Waals surface area contributed by atoms with Gasteiger partial charge in [-0.25, -0.2) is 4.79 Å². The summed E-state index contributed by atoms with van der Waals surface area (Å²) < 4.78 is 23.3. The highest BCUT2D eigenvalue weighted by Gasteiger charge is 2.69. The van der Waals surface area contributed by atoms with Crippen LogP contribution >= 0.6 is 0 Å². The molecule has 17 atom stereocenters. The number of aliphatic hydroxyl groups excluding tert-OH is 5. The number of aliphatic carboxylic acids is 2. The third-order valence-electron chi connectivity index (χ3n) is 16.8. The maximum Gasteiger partial charge on any atom is 0.335 e. The molecule has 306 valence electrons. The average molecular weight is 765 g/mol. The molecule has 0 aromatic heterocycles. The van der Waals surface area contributed by atoms with Gasteiger partial charge < -0.3 is 54.7 Å². The van der Waals surface area contributed by atoms with E-state index in [-0.39, 0.29) is 40.1 Å². The highest BCUT2D eigenvalue weighted by atomic mass is 16.7. The summed E-state index contributed by atoms with van der Waals surface area (Å²) in [6, 6.07) is 0. The van der Waals surface area contributed by atoms with Gasteiger partial charge in [-0.2, -0.15) is 0 Å². The molecule has 4 saturated carbocycles. The van der Waals surface area contributed by atoms with Crippen molar-refractivity contribution >= 4 is 11.9 Å². The number of hydrogen-bond donors (Lipinski definition) is 7. The largest absolute Gasteiger partial charge is 0.481 e. The molecular formula is C41H64O13. The summed E-state index contributed by atoms with van der Waals surface area (Å²) in [7, 11) is 0. The van der Waals surface area contributed by atoms with Gasteiger partial charge in [0.2, 0.25) is 0 Å². The molecule has 7 rings (SSSR count). The second-order valence-electron chi connectivity index (χ2n) is 20.3. The molecule has 13 heteroatoms. The molecule has 13 nitrogen and oxygen atoms in total. The zero-order valence-electron chi connectivity index (χ0n) is 32.9. The van der Waals surface area contributed by atoms with Gasteiger partial charge in [0.15, 0.2) is 18.7 Å². The maximum atomic E-state index is 13.0. The van der Waals surface area contributed by atoms with Crippen molar-refractivity contribution in [1.82, 2.24) is 0 Å². The van der Waals surface area contributed by atoms with E-state index in [0.29, 0.717) is 18.8 Å². The van der Waals surface area contributed by atoms with E-state index in [4.69, 9.17) is 18.9 Å². The number of rotatable bonds is 6. The Bertz CT molecular complexity index is 1510. The summed E-state index contributed by atoms with van der Waals surface area (Å²) in [5.74, 6) is -1.53. The smallest absolute Gasteiger partial charge is 0.335 e. The summed E-state index contributed by atoms with van der Waals surface area (Å²) in [5, 5.41) is 73.6. The van der Waals surface area contributed by atoms with E-state index in [1.165, 1.54) is 5.57 Å². The topological polar surface area (TPSA) is 213 Å². The van der Waals surface area contributed by atoms with Crippen molar-refractivity contribution in [2.75, 3.05) is 6.61 Å². The van der Waals surface area contributed by atoms with Gasteiger partial charge in [-0.15, -0.1) is 0 Å². The van der Waals surface area contributed by atoms with Crippen molar-refractivity contribution < 1.29 is 64.3 Å². The number of ether oxygens (including phenoxy) is 4. The van der Waals surface area contributed by atoms with E-state index < -0.39 is 84.2 Å². The van der Waals surface area contributed by atoms with Crippen LogP contribution in [0.3, 0.4) is 0 Å². The van der Waals surface area contributed by atoms with Crippen molar-refractivity contribution in [3.63, 3.8) is 0 Å². The highest BCUT2D eigenvalue weighted by Crippen LogP contribution is 2.76. The number of carboxylic acids is 2. The number of carboxylic acid groups (broad SMARTS) is 2. The first-order chi connectivity index (χ1) is 25.0. The van der Waals surface area contributed by atoms with Gasteiger partial charge in [0, 0.05) is 0 Å². The van der Waals surface area contributed by atoms with E-state index >= 15 is 0 Å². The summed E-state index contributed by atoms with van der Waals surface area (Å²) >= 11 is 0. The predicted molar refractivity (Wildman–Crippen MR) is 192 cm³/mol. The maximum absolute atomic E-state index is 13.0.